The molecule has 1 aliphatic heterocycles. The van der Waals surface area contributed by atoms with Crippen molar-refractivity contribution in [1.29, 1.82) is 0 Å². The molecule has 0 radical (unpaired) electrons. The zero-order valence-corrected chi connectivity index (χ0v) is 10.7. The van der Waals surface area contributed by atoms with Crippen LogP contribution in [0.1, 0.15) is 35.0 Å². The highest BCUT2D eigenvalue weighted by molar-refractivity contribution is 5.39. The van der Waals surface area contributed by atoms with Gasteiger partial charge in [-0.25, -0.2) is 0 Å². The molecule has 1 heterocycles. The van der Waals surface area contributed by atoms with E-state index in [1.807, 2.05) is 6.08 Å². The molecule has 0 spiro atoms. The third-order valence-corrected chi connectivity index (χ3v) is 3.17. The first kappa shape index (κ1) is 12.3. The summed E-state index contributed by atoms with van der Waals surface area (Å²) >= 11 is 0. The number of aryl methyl sites for hydroxylation is 2. The standard InChI is InChI=1S/C15H20O2/c1-4-6-14-11(2)9-13(10-12(14)3)15-16-7-5-8-17-15/h4,9-10,15H,1,5-8H2,2-3H3. The van der Waals surface area contributed by atoms with E-state index < -0.39 is 0 Å². The highest BCUT2D eigenvalue weighted by Crippen LogP contribution is 2.27. The van der Waals surface area contributed by atoms with Gasteiger partial charge in [-0.15, -0.1) is 6.58 Å². The number of hydrogen-bond donors (Lipinski definition) is 0. The molecule has 0 saturated carbocycles. The van der Waals surface area contributed by atoms with Crippen LogP contribution in [0.15, 0.2) is 24.8 Å². The molecule has 1 fully saturated rings. The van der Waals surface area contributed by atoms with Crippen LogP contribution in [0.3, 0.4) is 0 Å². The van der Waals surface area contributed by atoms with E-state index in [0.717, 1.165) is 31.6 Å². The van der Waals surface area contributed by atoms with Gasteiger partial charge in [0.05, 0.1) is 13.2 Å². The summed E-state index contributed by atoms with van der Waals surface area (Å²) in [5.74, 6) is 0. The minimum absolute atomic E-state index is 0.182. The summed E-state index contributed by atoms with van der Waals surface area (Å²) in [6.45, 7) is 9.65. The van der Waals surface area contributed by atoms with Crippen LogP contribution in [0, 0.1) is 13.8 Å². The molecular formula is C15H20O2. The van der Waals surface area contributed by atoms with Gasteiger partial charge in [-0.2, -0.15) is 0 Å². The van der Waals surface area contributed by atoms with Crippen LogP contribution in [-0.2, 0) is 15.9 Å². The lowest BCUT2D eigenvalue weighted by molar-refractivity contribution is -0.183. The second-order valence-corrected chi connectivity index (χ2v) is 4.55. The van der Waals surface area contributed by atoms with Gasteiger partial charge in [-0.3, -0.25) is 0 Å². The summed E-state index contributed by atoms with van der Waals surface area (Å²) in [6, 6.07) is 4.34. The van der Waals surface area contributed by atoms with E-state index in [1.165, 1.54) is 16.7 Å². The largest absolute Gasteiger partial charge is 0.348 e. The van der Waals surface area contributed by atoms with Crippen LogP contribution in [0.4, 0.5) is 0 Å². The third kappa shape index (κ3) is 2.76. The highest BCUT2D eigenvalue weighted by atomic mass is 16.7. The van der Waals surface area contributed by atoms with Gasteiger partial charge in [0.2, 0.25) is 0 Å². The van der Waals surface area contributed by atoms with E-state index in [4.69, 9.17) is 9.47 Å². The van der Waals surface area contributed by atoms with Gasteiger partial charge in [0.15, 0.2) is 6.29 Å². The lowest BCUT2D eigenvalue weighted by Crippen LogP contribution is -2.18. The van der Waals surface area contributed by atoms with Gasteiger partial charge in [-0.05, 0) is 43.4 Å². The van der Waals surface area contributed by atoms with Crippen molar-refractivity contribution in [3.63, 3.8) is 0 Å². The Bertz CT molecular complexity index is 380. The topological polar surface area (TPSA) is 18.5 Å². The summed E-state index contributed by atoms with van der Waals surface area (Å²) in [6.07, 6.45) is 3.68. The average molecular weight is 232 g/mol. The van der Waals surface area contributed by atoms with E-state index in [1.54, 1.807) is 0 Å². The molecule has 0 amide bonds. The Morgan fingerprint density at radius 3 is 2.35 bits per heavy atom. The molecule has 1 aliphatic rings. The molecule has 0 aromatic heterocycles. The quantitative estimate of drug-likeness (QED) is 0.743. The summed E-state index contributed by atoms with van der Waals surface area (Å²) in [7, 11) is 0. The number of allylic oxidation sites excluding steroid dienone is 1. The van der Waals surface area contributed by atoms with Crippen molar-refractivity contribution in [3.05, 3.63) is 47.0 Å². The predicted octanol–water partition coefficient (Wildman–Crippen LogP) is 3.47. The lowest BCUT2D eigenvalue weighted by Gasteiger charge is -2.24. The van der Waals surface area contributed by atoms with Gasteiger partial charge in [-0.1, -0.05) is 18.2 Å². The van der Waals surface area contributed by atoms with E-state index in [-0.39, 0.29) is 6.29 Å². The summed E-state index contributed by atoms with van der Waals surface area (Å²) in [4.78, 5) is 0. The second-order valence-electron chi connectivity index (χ2n) is 4.55. The summed E-state index contributed by atoms with van der Waals surface area (Å²) < 4.78 is 11.3. The first-order chi connectivity index (χ1) is 8.22. The maximum atomic E-state index is 5.63. The average Bonchev–Trinajstić information content (AvgIpc) is 2.35. The summed E-state index contributed by atoms with van der Waals surface area (Å²) in [5.41, 5.74) is 5.07. The van der Waals surface area contributed by atoms with Gasteiger partial charge < -0.3 is 9.47 Å². The van der Waals surface area contributed by atoms with Crippen LogP contribution >= 0.6 is 0 Å². The van der Waals surface area contributed by atoms with Gasteiger partial charge in [0, 0.05) is 5.56 Å². The Morgan fingerprint density at radius 1 is 1.24 bits per heavy atom. The Hall–Kier alpha value is -1.12. The van der Waals surface area contributed by atoms with Crippen LogP contribution < -0.4 is 0 Å². The molecule has 0 atom stereocenters. The molecule has 1 saturated heterocycles. The minimum atomic E-state index is -0.182. The molecule has 17 heavy (non-hydrogen) atoms. The van der Waals surface area contributed by atoms with E-state index in [9.17, 15) is 0 Å². The van der Waals surface area contributed by atoms with Crippen molar-refractivity contribution in [3.8, 4) is 0 Å². The maximum absolute atomic E-state index is 5.63. The van der Waals surface area contributed by atoms with Crippen LogP contribution in [0.5, 0.6) is 0 Å². The van der Waals surface area contributed by atoms with Crippen LogP contribution in [0.2, 0.25) is 0 Å². The number of hydrogen-bond acceptors (Lipinski definition) is 2. The Morgan fingerprint density at radius 2 is 1.82 bits per heavy atom. The van der Waals surface area contributed by atoms with Crippen molar-refractivity contribution in [2.45, 2.75) is 33.0 Å². The third-order valence-electron chi connectivity index (χ3n) is 3.17. The van der Waals surface area contributed by atoms with Crippen molar-refractivity contribution < 1.29 is 9.47 Å². The maximum Gasteiger partial charge on any atom is 0.183 e. The van der Waals surface area contributed by atoms with E-state index in [2.05, 4.69) is 32.6 Å². The molecule has 0 unspecified atom stereocenters. The zero-order chi connectivity index (χ0) is 12.3. The zero-order valence-electron chi connectivity index (χ0n) is 10.7. The molecule has 0 N–H and O–H groups in total. The second kappa shape index (κ2) is 5.48. The fourth-order valence-corrected chi connectivity index (χ4v) is 2.31. The van der Waals surface area contributed by atoms with Crippen LogP contribution in [-0.4, -0.2) is 13.2 Å². The first-order valence-corrected chi connectivity index (χ1v) is 6.16. The molecular weight excluding hydrogens is 212 g/mol. The van der Waals surface area contributed by atoms with Crippen LogP contribution in [0.25, 0.3) is 0 Å². The molecule has 92 valence electrons. The highest BCUT2D eigenvalue weighted by Gasteiger charge is 2.18. The molecule has 1 aromatic carbocycles. The van der Waals surface area contributed by atoms with Gasteiger partial charge in [0.25, 0.3) is 0 Å². The molecule has 0 aliphatic carbocycles. The Balaban J connectivity index is 2.27. The monoisotopic (exact) mass is 232 g/mol. The molecule has 0 bridgehead atoms. The first-order valence-electron chi connectivity index (χ1n) is 6.16. The summed E-state index contributed by atoms with van der Waals surface area (Å²) in [5, 5.41) is 0. The fourth-order valence-electron chi connectivity index (χ4n) is 2.31. The fraction of sp³-hybridized carbons (Fsp3) is 0.467. The number of rotatable bonds is 3. The molecule has 1 aromatic rings. The molecule has 2 heteroatoms. The lowest BCUT2D eigenvalue weighted by atomic mass is 9.96. The van der Waals surface area contributed by atoms with Crippen molar-refractivity contribution in [1.82, 2.24) is 0 Å². The minimum Gasteiger partial charge on any atom is -0.348 e. The van der Waals surface area contributed by atoms with Crippen molar-refractivity contribution in [2.75, 3.05) is 13.2 Å². The number of benzene rings is 1. The molecule has 2 rings (SSSR count). The number of ether oxygens (including phenoxy) is 2. The SMILES string of the molecule is C=CCc1c(C)cc(C2OCCCO2)cc1C. The van der Waals surface area contributed by atoms with E-state index in [0.29, 0.717) is 0 Å². The van der Waals surface area contributed by atoms with Gasteiger partial charge in [0.1, 0.15) is 0 Å². The van der Waals surface area contributed by atoms with Gasteiger partial charge >= 0.3 is 0 Å². The predicted molar refractivity (Wildman–Crippen MR) is 69.1 cm³/mol. The Kier molecular flexibility index (Phi) is 3.97. The van der Waals surface area contributed by atoms with E-state index >= 15 is 0 Å². The molecule has 2 nitrogen and oxygen atoms in total. The smallest absolute Gasteiger partial charge is 0.183 e. The normalized spacial score (nSPS) is 17.1. The van der Waals surface area contributed by atoms with Crippen molar-refractivity contribution in [2.24, 2.45) is 0 Å². The van der Waals surface area contributed by atoms with Crippen molar-refractivity contribution >= 4 is 0 Å². The Labute approximate surface area is 103 Å².